The van der Waals surface area contributed by atoms with Gasteiger partial charge in [-0.3, -0.25) is 4.79 Å². The Morgan fingerprint density at radius 2 is 1.96 bits per heavy atom. The van der Waals surface area contributed by atoms with Crippen LogP contribution in [0.2, 0.25) is 0 Å². The van der Waals surface area contributed by atoms with Gasteiger partial charge in [-0.05, 0) is 36.1 Å². The van der Waals surface area contributed by atoms with Crippen LogP contribution < -0.4 is 5.32 Å². The first-order valence-electron chi connectivity index (χ1n) is 7.57. The predicted molar refractivity (Wildman–Crippen MR) is 86.3 cm³/mol. The maximum Gasteiger partial charge on any atom is 0.326 e. The standard InChI is InChI=1S/C17H21N3O3/c1-12(2)10-15(17(22)23)19-16(21)11-13-4-6-14(7-5-13)20-9-3-8-18-20/h3-9,12,15H,10-11H2,1-2H3,(H,19,21)(H,22,23). The molecule has 122 valence electrons. The minimum Gasteiger partial charge on any atom is -0.480 e. The number of aromatic nitrogens is 2. The van der Waals surface area contributed by atoms with E-state index in [4.69, 9.17) is 5.11 Å². The van der Waals surface area contributed by atoms with E-state index < -0.39 is 12.0 Å². The molecule has 6 heteroatoms. The predicted octanol–water partition coefficient (Wildman–Crippen LogP) is 2.03. The Labute approximate surface area is 135 Å². The molecule has 0 aliphatic carbocycles. The fraction of sp³-hybridized carbons (Fsp3) is 0.353. The van der Waals surface area contributed by atoms with Crippen molar-refractivity contribution in [2.75, 3.05) is 0 Å². The Morgan fingerprint density at radius 3 is 2.48 bits per heavy atom. The lowest BCUT2D eigenvalue weighted by Gasteiger charge is -2.16. The number of rotatable bonds is 7. The topological polar surface area (TPSA) is 84.2 Å². The van der Waals surface area contributed by atoms with E-state index in [0.717, 1.165) is 11.3 Å². The summed E-state index contributed by atoms with van der Waals surface area (Å²) < 4.78 is 1.73. The molecule has 0 spiro atoms. The van der Waals surface area contributed by atoms with Crippen LogP contribution in [0.5, 0.6) is 0 Å². The third-order valence-electron chi connectivity index (χ3n) is 3.41. The number of benzene rings is 1. The van der Waals surface area contributed by atoms with Crippen LogP contribution in [0.25, 0.3) is 5.69 Å². The van der Waals surface area contributed by atoms with Gasteiger partial charge in [0.2, 0.25) is 5.91 Å². The first-order chi connectivity index (χ1) is 11.0. The number of carboxylic acid groups (broad SMARTS) is 1. The van der Waals surface area contributed by atoms with Crippen molar-refractivity contribution >= 4 is 11.9 Å². The summed E-state index contributed by atoms with van der Waals surface area (Å²) in [6, 6.07) is 8.42. The third-order valence-corrected chi connectivity index (χ3v) is 3.41. The number of nitrogens with zero attached hydrogens (tertiary/aromatic N) is 2. The van der Waals surface area contributed by atoms with Crippen LogP contribution in [0.4, 0.5) is 0 Å². The highest BCUT2D eigenvalue weighted by molar-refractivity contribution is 5.84. The highest BCUT2D eigenvalue weighted by Crippen LogP contribution is 2.10. The molecule has 0 saturated carbocycles. The van der Waals surface area contributed by atoms with Gasteiger partial charge >= 0.3 is 5.97 Å². The van der Waals surface area contributed by atoms with Gasteiger partial charge in [0.15, 0.2) is 0 Å². The number of aliphatic carboxylic acids is 1. The molecule has 0 aliphatic rings. The molecule has 0 bridgehead atoms. The molecule has 1 aromatic heterocycles. The summed E-state index contributed by atoms with van der Waals surface area (Å²) in [5.41, 5.74) is 1.73. The van der Waals surface area contributed by atoms with Crippen molar-refractivity contribution in [3.8, 4) is 5.69 Å². The van der Waals surface area contributed by atoms with Crippen molar-refractivity contribution in [2.24, 2.45) is 5.92 Å². The SMILES string of the molecule is CC(C)CC(NC(=O)Cc1ccc(-n2cccn2)cc1)C(=O)O. The Morgan fingerprint density at radius 1 is 1.26 bits per heavy atom. The van der Waals surface area contributed by atoms with Gasteiger partial charge in [0.1, 0.15) is 6.04 Å². The average molecular weight is 315 g/mol. The summed E-state index contributed by atoms with van der Waals surface area (Å²) >= 11 is 0. The molecule has 1 amide bonds. The van der Waals surface area contributed by atoms with Crippen molar-refractivity contribution in [3.05, 3.63) is 48.3 Å². The third kappa shape index (κ3) is 4.95. The molecule has 6 nitrogen and oxygen atoms in total. The number of amides is 1. The van der Waals surface area contributed by atoms with Gasteiger partial charge in [0, 0.05) is 12.4 Å². The van der Waals surface area contributed by atoms with Gasteiger partial charge in [0.25, 0.3) is 0 Å². The van der Waals surface area contributed by atoms with E-state index in [0.29, 0.717) is 6.42 Å². The number of carboxylic acids is 1. The fourth-order valence-corrected chi connectivity index (χ4v) is 2.31. The van der Waals surface area contributed by atoms with Gasteiger partial charge in [0.05, 0.1) is 12.1 Å². The van der Waals surface area contributed by atoms with Gasteiger partial charge in [-0.2, -0.15) is 5.10 Å². The summed E-state index contributed by atoms with van der Waals surface area (Å²) in [6.07, 6.45) is 4.10. The van der Waals surface area contributed by atoms with Crippen LogP contribution in [0, 0.1) is 5.92 Å². The lowest BCUT2D eigenvalue weighted by molar-refractivity contribution is -0.142. The highest BCUT2D eigenvalue weighted by Gasteiger charge is 2.20. The minimum absolute atomic E-state index is 0.154. The Hall–Kier alpha value is -2.63. The highest BCUT2D eigenvalue weighted by atomic mass is 16.4. The molecule has 2 aromatic rings. The molecule has 1 atom stereocenters. The lowest BCUT2D eigenvalue weighted by Crippen LogP contribution is -2.42. The molecule has 2 N–H and O–H groups in total. The minimum atomic E-state index is -0.999. The summed E-state index contributed by atoms with van der Waals surface area (Å²) in [5, 5.41) is 15.9. The molecule has 2 rings (SSSR count). The second-order valence-electron chi connectivity index (χ2n) is 5.88. The van der Waals surface area contributed by atoms with Crippen LogP contribution in [0.1, 0.15) is 25.8 Å². The molecule has 1 heterocycles. The zero-order valence-electron chi connectivity index (χ0n) is 13.3. The molecule has 0 radical (unpaired) electrons. The maximum absolute atomic E-state index is 12.0. The summed E-state index contributed by atoms with van der Waals surface area (Å²) in [4.78, 5) is 23.2. The van der Waals surface area contributed by atoms with Crippen LogP contribution in [-0.2, 0) is 16.0 Å². The summed E-state index contributed by atoms with van der Waals surface area (Å²) in [7, 11) is 0. The van der Waals surface area contributed by atoms with E-state index in [-0.39, 0.29) is 18.2 Å². The van der Waals surface area contributed by atoms with E-state index in [9.17, 15) is 9.59 Å². The largest absolute Gasteiger partial charge is 0.480 e. The number of nitrogens with one attached hydrogen (secondary N) is 1. The van der Waals surface area contributed by atoms with Crippen LogP contribution >= 0.6 is 0 Å². The molecule has 1 aromatic carbocycles. The quantitative estimate of drug-likeness (QED) is 0.819. The van der Waals surface area contributed by atoms with Gasteiger partial charge in [-0.25, -0.2) is 9.48 Å². The molecule has 0 saturated heterocycles. The van der Waals surface area contributed by atoms with Crippen molar-refractivity contribution in [2.45, 2.75) is 32.7 Å². The average Bonchev–Trinajstić information content (AvgIpc) is 3.01. The molecule has 0 aliphatic heterocycles. The van der Waals surface area contributed by atoms with Crippen LogP contribution in [0.15, 0.2) is 42.7 Å². The zero-order chi connectivity index (χ0) is 16.8. The van der Waals surface area contributed by atoms with Crippen molar-refractivity contribution in [1.29, 1.82) is 0 Å². The van der Waals surface area contributed by atoms with E-state index >= 15 is 0 Å². The summed E-state index contributed by atoms with van der Waals surface area (Å²) in [6.45, 7) is 3.85. The zero-order valence-corrected chi connectivity index (χ0v) is 13.3. The molecular weight excluding hydrogens is 294 g/mol. The van der Waals surface area contributed by atoms with E-state index in [1.165, 1.54) is 0 Å². The fourth-order valence-electron chi connectivity index (χ4n) is 2.31. The maximum atomic E-state index is 12.0. The Balaban J connectivity index is 1.95. The van der Waals surface area contributed by atoms with Gasteiger partial charge < -0.3 is 10.4 Å². The second kappa shape index (κ2) is 7.58. The second-order valence-corrected chi connectivity index (χ2v) is 5.88. The molecule has 1 unspecified atom stereocenters. The monoisotopic (exact) mass is 315 g/mol. The van der Waals surface area contributed by atoms with Gasteiger partial charge in [-0.1, -0.05) is 26.0 Å². The Kier molecular flexibility index (Phi) is 5.51. The molecular formula is C17H21N3O3. The van der Waals surface area contributed by atoms with Crippen molar-refractivity contribution in [1.82, 2.24) is 15.1 Å². The van der Waals surface area contributed by atoms with Gasteiger partial charge in [-0.15, -0.1) is 0 Å². The smallest absolute Gasteiger partial charge is 0.326 e. The number of carbonyl (C=O) groups excluding carboxylic acids is 1. The Bertz CT molecular complexity index is 648. The summed E-state index contributed by atoms with van der Waals surface area (Å²) in [5.74, 6) is -1.09. The number of hydrogen-bond acceptors (Lipinski definition) is 3. The molecule has 0 fully saturated rings. The first-order valence-corrected chi connectivity index (χ1v) is 7.57. The van der Waals surface area contributed by atoms with E-state index in [2.05, 4.69) is 10.4 Å². The van der Waals surface area contributed by atoms with Crippen LogP contribution in [-0.4, -0.2) is 32.8 Å². The lowest BCUT2D eigenvalue weighted by atomic mass is 10.0. The number of carbonyl (C=O) groups is 2. The first kappa shape index (κ1) is 16.7. The van der Waals surface area contributed by atoms with Crippen molar-refractivity contribution < 1.29 is 14.7 Å². The normalized spacial score (nSPS) is 12.1. The molecule has 23 heavy (non-hydrogen) atoms. The van der Waals surface area contributed by atoms with E-state index in [1.54, 1.807) is 10.9 Å². The van der Waals surface area contributed by atoms with E-state index in [1.807, 2.05) is 50.4 Å². The van der Waals surface area contributed by atoms with Crippen LogP contribution in [0.3, 0.4) is 0 Å². The number of hydrogen-bond donors (Lipinski definition) is 2. The van der Waals surface area contributed by atoms with Crippen molar-refractivity contribution in [3.63, 3.8) is 0 Å².